The minimum Gasteiger partial charge on any atom is -0.489 e. The Balaban J connectivity index is 1.83. The van der Waals surface area contributed by atoms with Gasteiger partial charge in [-0.3, -0.25) is 0 Å². The van der Waals surface area contributed by atoms with Crippen molar-refractivity contribution in [1.29, 1.82) is 0 Å². The normalized spacial score (nSPS) is 22.4. The van der Waals surface area contributed by atoms with E-state index in [1.807, 2.05) is 12.1 Å². The molecule has 0 radical (unpaired) electrons. The van der Waals surface area contributed by atoms with Gasteiger partial charge in [-0.05, 0) is 37.7 Å². The molecule has 1 aromatic carbocycles. The molecule has 0 atom stereocenters. The van der Waals surface area contributed by atoms with Gasteiger partial charge in [0.1, 0.15) is 12.4 Å². The molecule has 0 amide bonds. The Bertz CT molecular complexity index is 408. The number of hydrogen-bond donors (Lipinski definition) is 1. The van der Waals surface area contributed by atoms with Crippen LogP contribution in [0.1, 0.15) is 44.6 Å². The fraction of sp³-hybridized carbons (Fsp3) is 0.556. The van der Waals surface area contributed by atoms with E-state index in [4.69, 9.17) is 4.74 Å². The summed E-state index contributed by atoms with van der Waals surface area (Å²) in [4.78, 5) is 0. The van der Waals surface area contributed by atoms with Crippen molar-refractivity contribution >= 4 is 0 Å². The Kier molecular flexibility index (Phi) is 6.13. The van der Waals surface area contributed by atoms with Gasteiger partial charge >= 0.3 is 0 Å². The second-order valence-corrected chi connectivity index (χ2v) is 5.71. The number of ether oxygens (including phenoxy) is 1. The van der Waals surface area contributed by atoms with Crippen LogP contribution in [0.3, 0.4) is 0 Å². The molecule has 1 fully saturated rings. The summed E-state index contributed by atoms with van der Waals surface area (Å²) in [5, 5.41) is 3.69. The van der Waals surface area contributed by atoms with Gasteiger partial charge in [0.15, 0.2) is 0 Å². The maximum Gasteiger partial charge on any atom is 0.124 e. The smallest absolute Gasteiger partial charge is 0.124 e. The van der Waals surface area contributed by atoms with Crippen LogP contribution in [0.15, 0.2) is 36.9 Å². The molecule has 0 heterocycles. The van der Waals surface area contributed by atoms with Crippen LogP contribution in [-0.2, 0) is 6.54 Å². The highest BCUT2D eigenvalue weighted by Crippen LogP contribution is 2.27. The van der Waals surface area contributed by atoms with E-state index in [1.165, 1.54) is 37.7 Å². The van der Waals surface area contributed by atoms with Crippen LogP contribution >= 0.6 is 0 Å². The van der Waals surface area contributed by atoms with E-state index in [0.717, 1.165) is 18.2 Å². The van der Waals surface area contributed by atoms with Gasteiger partial charge in [0.25, 0.3) is 0 Å². The average Bonchev–Trinajstić information content (AvgIpc) is 2.52. The maximum atomic E-state index is 5.70. The first-order valence-electron chi connectivity index (χ1n) is 7.88. The van der Waals surface area contributed by atoms with Crippen molar-refractivity contribution < 1.29 is 4.74 Å². The predicted octanol–water partition coefficient (Wildman–Crippen LogP) is 4.31. The maximum absolute atomic E-state index is 5.70. The van der Waals surface area contributed by atoms with E-state index in [0.29, 0.717) is 12.6 Å². The molecule has 1 aliphatic carbocycles. The highest BCUT2D eigenvalue weighted by atomic mass is 16.5. The molecule has 20 heavy (non-hydrogen) atoms. The topological polar surface area (TPSA) is 21.3 Å². The van der Waals surface area contributed by atoms with E-state index in [9.17, 15) is 0 Å². The molecule has 0 spiro atoms. The van der Waals surface area contributed by atoms with Gasteiger partial charge in [0.05, 0.1) is 0 Å². The summed E-state index contributed by atoms with van der Waals surface area (Å²) in [5.74, 6) is 1.93. The quantitative estimate of drug-likeness (QED) is 0.747. The lowest BCUT2D eigenvalue weighted by Crippen LogP contribution is -2.32. The molecule has 2 rings (SSSR count). The summed E-state index contributed by atoms with van der Waals surface area (Å²) in [5.41, 5.74) is 1.24. The van der Waals surface area contributed by atoms with Crippen LogP contribution in [0.2, 0.25) is 0 Å². The Morgan fingerprint density at radius 3 is 2.70 bits per heavy atom. The van der Waals surface area contributed by atoms with Crippen molar-refractivity contribution in [3.05, 3.63) is 42.5 Å². The molecule has 110 valence electrons. The molecule has 2 heteroatoms. The van der Waals surface area contributed by atoms with Gasteiger partial charge in [-0.15, -0.1) is 0 Å². The Morgan fingerprint density at radius 1 is 1.25 bits per heavy atom. The third-order valence-electron chi connectivity index (χ3n) is 4.33. The molecular formula is C18H27NO. The molecule has 2 nitrogen and oxygen atoms in total. The first-order chi connectivity index (χ1) is 9.83. The van der Waals surface area contributed by atoms with Gasteiger partial charge in [-0.1, -0.05) is 44.2 Å². The summed E-state index contributed by atoms with van der Waals surface area (Å²) in [7, 11) is 0. The highest BCUT2D eigenvalue weighted by molar-refractivity contribution is 5.33. The molecule has 1 saturated carbocycles. The number of nitrogens with one attached hydrogen (secondary N) is 1. The summed E-state index contributed by atoms with van der Waals surface area (Å²) in [6.45, 7) is 7.48. The second-order valence-electron chi connectivity index (χ2n) is 5.71. The van der Waals surface area contributed by atoms with Crippen LogP contribution in [-0.4, -0.2) is 12.6 Å². The van der Waals surface area contributed by atoms with Crippen molar-refractivity contribution in [2.45, 2.75) is 51.6 Å². The van der Waals surface area contributed by atoms with Crippen molar-refractivity contribution in [3.8, 4) is 5.75 Å². The standard InChI is InChI=1S/C18H27NO/c1-3-13-20-18-8-6-5-7-16(18)14-19-17-11-9-15(4-2)10-12-17/h3,5-8,15,17,19H,1,4,9-14H2,2H3. The lowest BCUT2D eigenvalue weighted by atomic mass is 9.84. The molecule has 1 aliphatic rings. The summed E-state index contributed by atoms with van der Waals surface area (Å²) in [6, 6.07) is 8.95. The number of hydrogen-bond acceptors (Lipinski definition) is 2. The monoisotopic (exact) mass is 273 g/mol. The van der Waals surface area contributed by atoms with Crippen molar-refractivity contribution in [3.63, 3.8) is 0 Å². The van der Waals surface area contributed by atoms with Crippen LogP contribution in [0.5, 0.6) is 5.75 Å². The molecule has 1 N–H and O–H groups in total. The van der Waals surface area contributed by atoms with Gasteiger partial charge < -0.3 is 10.1 Å². The number of benzene rings is 1. The summed E-state index contributed by atoms with van der Waals surface area (Å²) in [6.07, 6.45) is 8.51. The third kappa shape index (κ3) is 4.38. The number of para-hydroxylation sites is 1. The first-order valence-corrected chi connectivity index (χ1v) is 7.88. The fourth-order valence-corrected chi connectivity index (χ4v) is 2.97. The third-order valence-corrected chi connectivity index (χ3v) is 4.33. The molecular weight excluding hydrogens is 246 g/mol. The SMILES string of the molecule is C=CCOc1ccccc1CNC1CCC(CC)CC1. The van der Waals surface area contributed by atoms with Gasteiger partial charge in [0, 0.05) is 18.2 Å². The van der Waals surface area contributed by atoms with Gasteiger partial charge in [-0.2, -0.15) is 0 Å². The van der Waals surface area contributed by atoms with E-state index >= 15 is 0 Å². The zero-order chi connectivity index (χ0) is 14.2. The van der Waals surface area contributed by atoms with Crippen molar-refractivity contribution in [2.24, 2.45) is 5.92 Å². The molecule has 0 bridgehead atoms. The zero-order valence-electron chi connectivity index (χ0n) is 12.6. The summed E-state index contributed by atoms with van der Waals surface area (Å²) >= 11 is 0. The molecule has 0 aromatic heterocycles. The van der Waals surface area contributed by atoms with E-state index < -0.39 is 0 Å². The van der Waals surface area contributed by atoms with E-state index in [2.05, 4.69) is 31.0 Å². The van der Waals surface area contributed by atoms with Crippen molar-refractivity contribution in [2.75, 3.05) is 6.61 Å². The first kappa shape index (κ1) is 15.1. The van der Waals surface area contributed by atoms with Crippen LogP contribution in [0, 0.1) is 5.92 Å². The molecule has 0 unspecified atom stereocenters. The van der Waals surface area contributed by atoms with Crippen LogP contribution in [0.4, 0.5) is 0 Å². The predicted molar refractivity (Wildman–Crippen MR) is 85.0 cm³/mol. The second kappa shape index (κ2) is 8.11. The van der Waals surface area contributed by atoms with Crippen LogP contribution < -0.4 is 10.1 Å². The fourth-order valence-electron chi connectivity index (χ4n) is 2.97. The van der Waals surface area contributed by atoms with E-state index in [1.54, 1.807) is 6.08 Å². The molecule has 0 aliphatic heterocycles. The van der Waals surface area contributed by atoms with Crippen LogP contribution in [0.25, 0.3) is 0 Å². The van der Waals surface area contributed by atoms with Crippen molar-refractivity contribution in [1.82, 2.24) is 5.32 Å². The largest absolute Gasteiger partial charge is 0.489 e. The Hall–Kier alpha value is -1.28. The Morgan fingerprint density at radius 2 is 2.00 bits per heavy atom. The zero-order valence-corrected chi connectivity index (χ0v) is 12.6. The number of rotatable bonds is 7. The van der Waals surface area contributed by atoms with E-state index in [-0.39, 0.29) is 0 Å². The molecule has 1 aromatic rings. The minimum atomic E-state index is 0.568. The molecule has 0 saturated heterocycles. The lowest BCUT2D eigenvalue weighted by Gasteiger charge is -2.28. The Labute approximate surface area is 123 Å². The van der Waals surface area contributed by atoms with Gasteiger partial charge in [-0.25, -0.2) is 0 Å². The summed E-state index contributed by atoms with van der Waals surface area (Å²) < 4.78 is 5.70. The van der Waals surface area contributed by atoms with Gasteiger partial charge in [0.2, 0.25) is 0 Å². The average molecular weight is 273 g/mol. The highest BCUT2D eigenvalue weighted by Gasteiger charge is 2.19. The minimum absolute atomic E-state index is 0.568. The lowest BCUT2D eigenvalue weighted by molar-refractivity contribution is 0.283.